The maximum Gasteiger partial charge on any atom is 0.239 e. The maximum atomic E-state index is 12.3. The number of likely N-dealkylation sites (tertiary alicyclic amines) is 1. The highest BCUT2D eigenvalue weighted by atomic mass is 35.5. The molecule has 0 radical (unpaired) electrons. The minimum Gasteiger partial charge on any atom is -0.378 e. The largest absolute Gasteiger partial charge is 0.378 e. The summed E-state index contributed by atoms with van der Waals surface area (Å²) in [6.45, 7) is 7.13. The third-order valence-electron chi connectivity index (χ3n) is 4.84. The molecule has 8 heteroatoms. The van der Waals surface area contributed by atoms with Crippen molar-refractivity contribution in [3.63, 3.8) is 0 Å². The third-order valence-corrected chi connectivity index (χ3v) is 5.81. The molecule has 0 bridgehead atoms. The predicted octanol–water partition coefficient (Wildman–Crippen LogP) is 2.47. The van der Waals surface area contributed by atoms with Gasteiger partial charge in [-0.2, -0.15) is 0 Å². The van der Waals surface area contributed by atoms with E-state index in [2.05, 4.69) is 40.0 Å². The van der Waals surface area contributed by atoms with E-state index in [1.807, 2.05) is 0 Å². The van der Waals surface area contributed by atoms with Crippen LogP contribution in [0.25, 0.3) is 0 Å². The highest BCUT2D eigenvalue weighted by Gasteiger charge is 2.27. The van der Waals surface area contributed by atoms with Crippen LogP contribution in [0.5, 0.6) is 0 Å². The van der Waals surface area contributed by atoms with Gasteiger partial charge < -0.3 is 15.4 Å². The number of hydrogen-bond acceptors (Lipinski definition) is 5. The summed E-state index contributed by atoms with van der Waals surface area (Å²) in [5.74, 6) is 0.866. The summed E-state index contributed by atoms with van der Waals surface area (Å²) in [7, 11) is 0. The van der Waals surface area contributed by atoms with Crippen molar-refractivity contribution < 1.29 is 9.53 Å². The minimum absolute atomic E-state index is 0. The lowest BCUT2D eigenvalue weighted by atomic mass is 9.97. The molecule has 0 aromatic carbocycles. The normalized spacial score (nSPS) is 23.2. The van der Waals surface area contributed by atoms with Crippen molar-refractivity contribution in [2.45, 2.75) is 31.8 Å². The van der Waals surface area contributed by atoms with Gasteiger partial charge in [-0.15, -0.1) is 36.2 Å². The number of nitrogens with zero attached hydrogens (tertiary/aromatic N) is 1. The Morgan fingerprint density at radius 1 is 1.44 bits per heavy atom. The van der Waals surface area contributed by atoms with Gasteiger partial charge in [-0.05, 0) is 43.3 Å². The van der Waals surface area contributed by atoms with Gasteiger partial charge in [0.05, 0.1) is 19.3 Å². The van der Waals surface area contributed by atoms with Crippen LogP contribution in [0.3, 0.4) is 0 Å². The van der Waals surface area contributed by atoms with Gasteiger partial charge >= 0.3 is 0 Å². The van der Waals surface area contributed by atoms with Crippen LogP contribution in [0, 0.1) is 5.92 Å². The molecule has 2 N–H and O–H groups in total. The lowest BCUT2D eigenvalue weighted by molar-refractivity contribution is -0.126. The van der Waals surface area contributed by atoms with Crippen LogP contribution in [-0.2, 0) is 9.53 Å². The van der Waals surface area contributed by atoms with Crippen molar-refractivity contribution in [1.82, 2.24) is 15.5 Å². The molecule has 1 aromatic rings. The Hall–Kier alpha value is -0.370. The average Bonchev–Trinajstić information content (AvgIpc) is 3.11. The average molecular weight is 410 g/mol. The summed E-state index contributed by atoms with van der Waals surface area (Å²) in [4.78, 5) is 16.2. The molecule has 25 heavy (non-hydrogen) atoms. The summed E-state index contributed by atoms with van der Waals surface area (Å²) in [5, 5.41) is 8.47. The van der Waals surface area contributed by atoms with Crippen molar-refractivity contribution in [2.24, 2.45) is 5.92 Å². The van der Waals surface area contributed by atoms with Gasteiger partial charge in [-0.1, -0.05) is 13.0 Å². The maximum absolute atomic E-state index is 12.3. The van der Waals surface area contributed by atoms with E-state index in [-0.39, 0.29) is 42.8 Å². The Balaban J connectivity index is 0.00000156. The molecule has 2 atom stereocenters. The molecule has 1 aromatic heterocycles. The summed E-state index contributed by atoms with van der Waals surface area (Å²) < 4.78 is 5.38. The summed E-state index contributed by atoms with van der Waals surface area (Å²) in [5.41, 5.74) is 0. The Labute approximate surface area is 166 Å². The first-order valence-electron chi connectivity index (χ1n) is 8.60. The van der Waals surface area contributed by atoms with Gasteiger partial charge in [0.25, 0.3) is 0 Å². The SMILES string of the molecule is CC1CCN(C(CNC(=O)C2COCCN2)c2cccs2)CC1.Cl.Cl. The molecule has 0 aliphatic carbocycles. The molecule has 3 rings (SSSR count). The highest BCUT2D eigenvalue weighted by molar-refractivity contribution is 7.10. The number of piperidine rings is 1. The van der Waals surface area contributed by atoms with Crippen molar-refractivity contribution in [3.8, 4) is 0 Å². The van der Waals surface area contributed by atoms with E-state index < -0.39 is 0 Å². The Bertz CT molecular complexity index is 490. The molecule has 2 saturated heterocycles. The molecular formula is C17H29Cl2N3O2S. The van der Waals surface area contributed by atoms with E-state index >= 15 is 0 Å². The van der Waals surface area contributed by atoms with E-state index in [1.165, 1.54) is 17.7 Å². The fraction of sp³-hybridized carbons (Fsp3) is 0.706. The van der Waals surface area contributed by atoms with E-state index in [9.17, 15) is 4.79 Å². The van der Waals surface area contributed by atoms with Crippen LogP contribution in [0.4, 0.5) is 0 Å². The lowest BCUT2D eigenvalue weighted by Crippen LogP contribution is -2.52. The molecule has 0 spiro atoms. The molecular weight excluding hydrogens is 381 g/mol. The lowest BCUT2D eigenvalue weighted by Gasteiger charge is -2.36. The molecule has 5 nitrogen and oxygen atoms in total. The number of hydrogen-bond donors (Lipinski definition) is 2. The fourth-order valence-corrected chi connectivity index (χ4v) is 4.15. The fourth-order valence-electron chi connectivity index (χ4n) is 3.29. The number of nitrogens with one attached hydrogen (secondary N) is 2. The van der Waals surface area contributed by atoms with E-state index in [0.29, 0.717) is 19.8 Å². The summed E-state index contributed by atoms with van der Waals surface area (Å²) in [6.07, 6.45) is 2.49. The first-order chi connectivity index (χ1) is 11.2. The van der Waals surface area contributed by atoms with Crippen LogP contribution in [-0.4, -0.2) is 56.2 Å². The van der Waals surface area contributed by atoms with Gasteiger partial charge in [-0.25, -0.2) is 0 Å². The van der Waals surface area contributed by atoms with Crippen LogP contribution < -0.4 is 10.6 Å². The molecule has 144 valence electrons. The first kappa shape index (κ1) is 22.7. The molecule has 2 aliphatic heterocycles. The third kappa shape index (κ3) is 6.38. The number of carbonyl (C=O) groups excluding carboxylic acids is 1. The van der Waals surface area contributed by atoms with Gasteiger partial charge in [-0.3, -0.25) is 9.69 Å². The number of ether oxygens (including phenoxy) is 1. The van der Waals surface area contributed by atoms with Crippen molar-refractivity contribution >= 4 is 42.1 Å². The molecule has 2 aliphatic rings. The quantitative estimate of drug-likeness (QED) is 0.783. The van der Waals surface area contributed by atoms with Crippen LogP contribution >= 0.6 is 36.2 Å². The molecule has 2 unspecified atom stereocenters. The van der Waals surface area contributed by atoms with Crippen LogP contribution in [0.2, 0.25) is 0 Å². The zero-order valence-corrected chi connectivity index (χ0v) is 17.1. The Morgan fingerprint density at radius 3 is 2.80 bits per heavy atom. The Kier molecular flexibility index (Phi) is 10.3. The van der Waals surface area contributed by atoms with Gasteiger partial charge in [0, 0.05) is 18.0 Å². The van der Waals surface area contributed by atoms with E-state index in [1.54, 1.807) is 11.3 Å². The first-order valence-corrected chi connectivity index (χ1v) is 9.48. The number of thiophene rings is 1. The smallest absolute Gasteiger partial charge is 0.239 e. The van der Waals surface area contributed by atoms with Gasteiger partial charge in [0.2, 0.25) is 5.91 Å². The van der Waals surface area contributed by atoms with Crippen LogP contribution in [0.1, 0.15) is 30.7 Å². The second-order valence-electron chi connectivity index (χ2n) is 6.58. The number of morpholine rings is 1. The monoisotopic (exact) mass is 409 g/mol. The summed E-state index contributed by atoms with van der Waals surface area (Å²) >= 11 is 1.78. The van der Waals surface area contributed by atoms with Crippen LogP contribution in [0.15, 0.2) is 17.5 Å². The number of amides is 1. The van der Waals surface area contributed by atoms with E-state index in [4.69, 9.17) is 4.74 Å². The zero-order chi connectivity index (χ0) is 16.1. The summed E-state index contributed by atoms with van der Waals surface area (Å²) in [6, 6.07) is 4.35. The Morgan fingerprint density at radius 2 is 2.20 bits per heavy atom. The zero-order valence-electron chi connectivity index (χ0n) is 14.6. The molecule has 1 amide bonds. The predicted molar refractivity (Wildman–Crippen MR) is 107 cm³/mol. The molecule has 0 saturated carbocycles. The van der Waals surface area contributed by atoms with E-state index in [0.717, 1.165) is 25.6 Å². The topological polar surface area (TPSA) is 53.6 Å². The highest BCUT2D eigenvalue weighted by Crippen LogP contribution is 2.29. The van der Waals surface area contributed by atoms with Gasteiger partial charge in [0.1, 0.15) is 6.04 Å². The van der Waals surface area contributed by atoms with Crippen molar-refractivity contribution in [3.05, 3.63) is 22.4 Å². The molecule has 3 heterocycles. The van der Waals surface area contributed by atoms with Crippen molar-refractivity contribution in [1.29, 1.82) is 0 Å². The number of halogens is 2. The molecule has 2 fully saturated rings. The second-order valence-corrected chi connectivity index (χ2v) is 7.56. The van der Waals surface area contributed by atoms with Crippen molar-refractivity contribution in [2.75, 3.05) is 39.4 Å². The number of rotatable bonds is 5. The standard InChI is InChI=1S/C17H27N3O2S.2ClH/c1-13-4-7-20(8-5-13)15(16-3-2-10-23-16)11-19-17(21)14-12-22-9-6-18-14;;/h2-3,10,13-15,18H,4-9,11-12H2,1H3,(H,19,21);2*1H. The number of carbonyl (C=O) groups is 1. The minimum atomic E-state index is -0.214. The second kappa shape index (κ2) is 11.4. The van der Waals surface area contributed by atoms with Gasteiger partial charge in [0.15, 0.2) is 0 Å².